The summed E-state index contributed by atoms with van der Waals surface area (Å²) in [5, 5.41) is 5.93. The number of thiophene rings is 1. The van der Waals surface area contributed by atoms with Crippen molar-refractivity contribution in [3.05, 3.63) is 22.4 Å². The van der Waals surface area contributed by atoms with Gasteiger partial charge in [0.2, 0.25) is 5.91 Å². The molecule has 1 unspecified atom stereocenters. The van der Waals surface area contributed by atoms with Crippen molar-refractivity contribution in [3.63, 3.8) is 0 Å². The van der Waals surface area contributed by atoms with Crippen molar-refractivity contribution in [2.75, 3.05) is 12.3 Å². The number of nitrogens with one attached hydrogen (secondary N) is 1. The van der Waals surface area contributed by atoms with Crippen LogP contribution in [0.4, 0.5) is 0 Å². The first-order chi connectivity index (χ1) is 9.34. The van der Waals surface area contributed by atoms with Gasteiger partial charge in [0.1, 0.15) is 0 Å². The highest BCUT2D eigenvalue weighted by Gasteiger charge is 2.15. The molecule has 1 aromatic heterocycles. The predicted octanol–water partition coefficient (Wildman–Crippen LogP) is 4.12. The number of unbranched alkanes of at least 4 members (excludes halogenated alkanes) is 1. The number of hydrogen-bond donors (Lipinski definition) is 1. The number of amides is 1. The van der Waals surface area contributed by atoms with Crippen molar-refractivity contribution in [2.45, 2.75) is 43.8 Å². The van der Waals surface area contributed by atoms with Crippen molar-refractivity contribution in [1.82, 2.24) is 5.32 Å². The van der Waals surface area contributed by atoms with Crippen LogP contribution in [0.3, 0.4) is 0 Å². The number of carbonyl (C=O) groups is 1. The minimum Gasteiger partial charge on any atom is -0.356 e. The van der Waals surface area contributed by atoms with E-state index >= 15 is 0 Å². The van der Waals surface area contributed by atoms with Gasteiger partial charge in [0.15, 0.2) is 0 Å². The van der Waals surface area contributed by atoms with Crippen LogP contribution in [0.1, 0.15) is 37.0 Å². The highest BCUT2D eigenvalue weighted by atomic mass is 33.1. The van der Waals surface area contributed by atoms with E-state index in [1.54, 1.807) is 11.3 Å². The van der Waals surface area contributed by atoms with Crippen LogP contribution in [-0.2, 0) is 11.2 Å². The summed E-state index contributed by atoms with van der Waals surface area (Å²) in [7, 11) is 4.03. The van der Waals surface area contributed by atoms with Gasteiger partial charge >= 0.3 is 0 Å². The molecular weight excluding hydrogens is 294 g/mol. The van der Waals surface area contributed by atoms with Gasteiger partial charge in [0.25, 0.3) is 0 Å². The Balaban J connectivity index is 1.45. The molecule has 1 aliphatic heterocycles. The quantitative estimate of drug-likeness (QED) is 0.578. The van der Waals surface area contributed by atoms with E-state index in [-0.39, 0.29) is 5.91 Å². The highest BCUT2D eigenvalue weighted by molar-refractivity contribution is 8.77. The number of hydrogen-bond acceptors (Lipinski definition) is 4. The molecule has 0 aromatic carbocycles. The molecule has 1 aromatic rings. The highest BCUT2D eigenvalue weighted by Crippen LogP contribution is 2.39. The van der Waals surface area contributed by atoms with Gasteiger partial charge in [-0.2, -0.15) is 0 Å². The van der Waals surface area contributed by atoms with Crippen molar-refractivity contribution in [1.29, 1.82) is 0 Å². The topological polar surface area (TPSA) is 29.1 Å². The predicted molar refractivity (Wildman–Crippen MR) is 88.0 cm³/mol. The zero-order chi connectivity index (χ0) is 13.3. The summed E-state index contributed by atoms with van der Waals surface area (Å²) in [5.74, 6) is 1.52. The molecule has 0 bridgehead atoms. The largest absolute Gasteiger partial charge is 0.356 e. The monoisotopic (exact) mass is 315 g/mol. The van der Waals surface area contributed by atoms with Crippen LogP contribution < -0.4 is 5.32 Å². The van der Waals surface area contributed by atoms with Crippen LogP contribution in [0.15, 0.2) is 17.5 Å². The first-order valence-corrected chi connectivity index (χ1v) is 10.2. The summed E-state index contributed by atoms with van der Waals surface area (Å²) in [5.41, 5.74) is 0. The standard InChI is InChI=1S/C14H21NOS3/c16-14(15-9-7-12-5-3-10-17-12)6-2-1-4-13-8-11-18-19-13/h3,5,10,13H,1-2,4,6-9,11H2,(H,15,16). The molecule has 1 atom stereocenters. The molecule has 2 heterocycles. The van der Waals surface area contributed by atoms with E-state index in [1.807, 2.05) is 21.6 Å². The van der Waals surface area contributed by atoms with E-state index in [9.17, 15) is 4.79 Å². The molecule has 0 spiro atoms. The Bertz CT molecular complexity index is 361. The third-order valence-corrected chi connectivity index (χ3v) is 7.12. The average molecular weight is 316 g/mol. The van der Waals surface area contributed by atoms with Gasteiger partial charge in [-0.15, -0.1) is 11.3 Å². The van der Waals surface area contributed by atoms with Crippen LogP contribution in [0.25, 0.3) is 0 Å². The van der Waals surface area contributed by atoms with Crippen LogP contribution in [0.2, 0.25) is 0 Å². The van der Waals surface area contributed by atoms with Crippen molar-refractivity contribution in [3.8, 4) is 0 Å². The molecule has 0 aliphatic carbocycles. The molecule has 2 nitrogen and oxygen atoms in total. The summed E-state index contributed by atoms with van der Waals surface area (Å²) in [6.45, 7) is 0.772. The van der Waals surface area contributed by atoms with Crippen LogP contribution in [0.5, 0.6) is 0 Å². The summed E-state index contributed by atoms with van der Waals surface area (Å²) in [4.78, 5) is 13.0. The fourth-order valence-corrected chi connectivity index (χ4v) is 5.83. The smallest absolute Gasteiger partial charge is 0.220 e. The SMILES string of the molecule is O=C(CCCCC1CCSS1)NCCc1cccs1. The Labute approximate surface area is 127 Å². The lowest BCUT2D eigenvalue weighted by atomic mass is 10.1. The summed E-state index contributed by atoms with van der Waals surface area (Å²) >= 11 is 1.75. The maximum Gasteiger partial charge on any atom is 0.220 e. The second-order valence-electron chi connectivity index (χ2n) is 4.75. The van der Waals surface area contributed by atoms with E-state index in [4.69, 9.17) is 0 Å². The fraction of sp³-hybridized carbons (Fsp3) is 0.643. The molecule has 0 radical (unpaired) electrons. The van der Waals surface area contributed by atoms with Gasteiger partial charge in [-0.25, -0.2) is 0 Å². The molecule has 1 amide bonds. The van der Waals surface area contributed by atoms with E-state index in [0.29, 0.717) is 6.42 Å². The second-order valence-corrected chi connectivity index (χ2v) is 8.57. The van der Waals surface area contributed by atoms with Crippen molar-refractivity contribution in [2.24, 2.45) is 0 Å². The Morgan fingerprint density at radius 3 is 3.11 bits per heavy atom. The number of rotatable bonds is 8. The van der Waals surface area contributed by atoms with E-state index in [0.717, 1.165) is 24.6 Å². The maximum atomic E-state index is 11.7. The first kappa shape index (κ1) is 15.3. The Kier molecular flexibility index (Phi) is 7.17. The molecule has 2 rings (SSSR count). The van der Waals surface area contributed by atoms with Gasteiger partial charge < -0.3 is 5.32 Å². The van der Waals surface area contributed by atoms with Gasteiger partial charge in [-0.3, -0.25) is 4.79 Å². The zero-order valence-corrected chi connectivity index (χ0v) is 13.5. The third kappa shape index (κ3) is 6.23. The molecule has 106 valence electrons. The van der Waals surface area contributed by atoms with E-state index < -0.39 is 0 Å². The molecular formula is C14H21NOS3. The van der Waals surface area contributed by atoms with Gasteiger partial charge in [0.05, 0.1) is 0 Å². The van der Waals surface area contributed by atoms with Gasteiger partial charge in [-0.05, 0) is 37.1 Å². The van der Waals surface area contributed by atoms with Crippen LogP contribution >= 0.6 is 32.9 Å². The Morgan fingerprint density at radius 1 is 1.42 bits per heavy atom. The van der Waals surface area contributed by atoms with Crippen LogP contribution in [0, 0.1) is 0 Å². The molecule has 1 fully saturated rings. The summed E-state index contributed by atoms with van der Waals surface area (Å²) < 4.78 is 0. The van der Waals surface area contributed by atoms with Gasteiger partial charge in [0, 0.05) is 28.8 Å². The molecule has 0 saturated carbocycles. The molecule has 1 saturated heterocycles. The summed E-state index contributed by atoms with van der Waals surface area (Å²) in [6.07, 6.45) is 6.50. The number of carbonyl (C=O) groups excluding carboxylic acids is 1. The normalized spacial score (nSPS) is 18.6. The van der Waals surface area contributed by atoms with Gasteiger partial charge in [-0.1, -0.05) is 34.1 Å². The van der Waals surface area contributed by atoms with Crippen molar-refractivity contribution >= 4 is 38.8 Å². The minimum absolute atomic E-state index is 0.213. The average Bonchev–Trinajstić information content (AvgIpc) is 3.07. The molecule has 5 heteroatoms. The third-order valence-electron chi connectivity index (χ3n) is 3.18. The summed E-state index contributed by atoms with van der Waals surface area (Å²) in [6, 6.07) is 4.18. The maximum absolute atomic E-state index is 11.7. The lowest BCUT2D eigenvalue weighted by molar-refractivity contribution is -0.121. The lowest BCUT2D eigenvalue weighted by Crippen LogP contribution is -2.25. The molecule has 1 aliphatic rings. The fourth-order valence-electron chi connectivity index (χ4n) is 2.09. The minimum atomic E-state index is 0.213. The molecule has 19 heavy (non-hydrogen) atoms. The zero-order valence-electron chi connectivity index (χ0n) is 11.1. The first-order valence-electron chi connectivity index (χ1n) is 6.92. The second kappa shape index (κ2) is 8.93. The Morgan fingerprint density at radius 2 is 2.37 bits per heavy atom. The molecule has 1 N–H and O–H groups in total. The Hall–Kier alpha value is -0.130. The van der Waals surface area contributed by atoms with E-state index in [2.05, 4.69) is 22.8 Å². The van der Waals surface area contributed by atoms with E-state index in [1.165, 1.54) is 29.9 Å². The van der Waals surface area contributed by atoms with Crippen molar-refractivity contribution < 1.29 is 4.79 Å². The van der Waals surface area contributed by atoms with Crippen LogP contribution in [-0.4, -0.2) is 23.5 Å². The lowest BCUT2D eigenvalue weighted by Gasteiger charge is -2.07.